The Morgan fingerprint density at radius 1 is 1.09 bits per heavy atom. The minimum Gasteiger partial charge on any atom is -0.490 e. The topological polar surface area (TPSA) is 41.5 Å². The summed E-state index contributed by atoms with van der Waals surface area (Å²) in [7, 11) is 0. The lowest BCUT2D eigenvalue weighted by atomic mass is 10.0. The van der Waals surface area contributed by atoms with E-state index >= 15 is 0 Å². The molecule has 2 atom stereocenters. The van der Waals surface area contributed by atoms with E-state index < -0.39 is 0 Å². The minimum absolute atomic E-state index is 0.121. The van der Waals surface area contributed by atoms with Crippen LogP contribution >= 0.6 is 0 Å². The van der Waals surface area contributed by atoms with Gasteiger partial charge in [0, 0.05) is 18.2 Å². The predicted octanol–water partition coefficient (Wildman–Crippen LogP) is 3.88. The smallest absolute Gasteiger partial charge is 0.124 e. The molecule has 0 aliphatic rings. The van der Waals surface area contributed by atoms with Crippen LogP contribution in [0.2, 0.25) is 0 Å². The van der Waals surface area contributed by atoms with Crippen molar-refractivity contribution >= 4 is 10.8 Å². The first-order valence-electron chi connectivity index (χ1n) is 8.21. The maximum atomic E-state index is 9.38. The summed E-state index contributed by atoms with van der Waals surface area (Å²) in [6.07, 6.45) is 2.08. The number of fused-ring (bicyclic) bond motifs is 1. The van der Waals surface area contributed by atoms with Crippen LogP contribution in [0.4, 0.5) is 0 Å². The molecule has 0 fully saturated rings. The molecule has 2 aromatic carbocycles. The zero-order valence-corrected chi connectivity index (χ0v) is 13.8. The fourth-order valence-electron chi connectivity index (χ4n) is 2.49. The highest BCUT2D eigenvalue weighted by atomic mass is 16.5. The summed E-state index contributed by atoms with van der Waals surface area (Å²) in [5.41, 5.74) is 1.17. The third-order valence-electron chi connectivity index (χ3n) is 4.18. The predicted molar refractivity (Wildman–Crippen MR) is 92.3 cm³/mol. The van der Waals surface area contributed by atoms with Gasteiger partial charge in [-0.25, -0.2) is 0 Å². The fourth-order valence-corrected chi connectivity index (χ4v) is 2.49. The Kier molecular flexibility index (Phi) is 6.22. The second kappa shape index (κ2) is 8.16. The van der Waals surface area contributed by atoms with Crippen molar-refractivity contribution in [2.75, 3.05) is 6.61 Å². The highest BCUT2D eigenvalue weighted by Gasteiger charge is 2.13. The molecule has 0 bridgehead atoms. The zero-order chi connectivity index (χ0) is 15.9. The molecule has 3 nitrogen and oxygen atoms in total. The number of hydrogen-bond acceptors (Lipinski definition) is 3. The standard InChI is InChI=1S/C19H27NO2/c1-4-14(3)22-19-11-10-15-8-6-7-9-17(15)18(19)12-20-16(5-2)13-21/h6-11,14,16,20-21H,4-5,12-13H2,1-3H3. The molecular weight excluding hydrogens is 274 g/mol. The van der Waals surface area contributed by atoms with Crippen molar-refractivity contribution in [2.24, 2.45) is 0 Å². The van der Waals surface area contributed by atoms with Gasteiger partial charge in [0.05, 0.1) is 12.7 Å². The van der Waals surface area contributed by atoms with Gasteiger partial charge in [-0.05, 0) is 36.6 Å². The summed E-state index contributed by atoms with van der Waals surface area (Å²) >= 11 is 0. The Bertz CT molecular complexity index is 593. The van der Waals surface area contributed by atoms with Crippen LogP contribution < -0.4 is 10.1 Å². The molecule has 2 N–H and O–H groups in total. The summed E-state index contributed by atoms with van der Waals surface area (Å²) in [6.45, 7) is 7.15. The van der Waals surface area contributed by atoms with Crippen molar-refractivity contribution in [3.8, 4) is 5.75 Å². The fraction of sp³-hybridized carbons (Fsp3) is 0.474. The molecule has 0 radical (unpaired) electrons. The maximum absolute atomic E-state index is 9.38. The number of ether oxygens (including phenoxy) is 1. The Morgan fingerprint density at radius 3 is 2.55 bits per heavy atom. The van der Waals surface area contributed by atoms with Gasteiger partial charge in [0.2, 0.25) is 0 Å². The van der Waals surface area contributed by atoms with E-state index in [0.29, 0.717) is 6.54 Å². The average Bonchev–Trinajstić information content (AvgIpc) is 2.56. The Balaban J connectivity index is 2.34. The van der Waals surface area contributed by atoms with E-state index in [-0.39, 0.29) is 18.8 Å². The van der Waals surface area contributed by atoms with Crippen molar-refractivity contribution in [3.63, 3.8) is 0 Å². The van der Waals surface area contributed by atoms with Crippen molar-refractivity contribution in [2.45, 2.75) is 52.3 Å². The summed E-state index contributed by atoms with van der Waals surface area (Å²) in [4.78, 5) is 0. The van der Waals surface area contributed by atoms with Crippen molar-refractivity contribution in [1.29, 1.82) is 0 Å². The molecule has 0 aliphatic heterocycles. The summed E-state index contributed by atoms with van der Waals surface area (Å²) in [5.74, 6) is 0.938. The monoisotopic (exact) mass is 301 g/mol. The molecule has 0 aromatic heterocycles. The van der Waals surface area contributed by atoms with Gasteiger partial charge in [-0.3, -0.25) is 0 Å². The number of hydrogen-bond donors (Lipinski definition) is 2. The normalized spacial score (nSPS) is 14.0. The minimum atomic E-state index is 0.121. The Labute approximate surface area is 133 Å². The van der Waals surface area contributed by atoms with Gasteiger partial charge in [0.25, 0.3) is 0 Å². The molecule has 0 heterocycles. The van der Waals surface area contributed by atoms with Crippen molar-refractivity contribution in [3.05, 3.63) is 42.0 Å². The quantitative estimate of drug-likeness (QED) is 0.777. The van der Waals surface area contributed by atoms with Gasteiger partial charge in [0.1, 0.15) is 5.75 Å². The lowest BCUT2D eigenvalue weighted by Gasteiger charge is -2.20. The molecule has 2 aromatic rings. The third-order valence-corrected chi connectivity index (χ3v) is 4.18. The number of benzene rings is 2. The van der Waals surface area contributed by atoms with E-state index in [1.807, 2.05) is 0 Å². The van der Waals surface area contributed by atoms with E-state index in [0.717, 1.165) is 18.6 Å². The Morgan fingerprint density at radius 2 is 1.86 bits per heavy atom. The third kappa shape index (κ3) is 3.99. The molecule has 0 amide bonds. The Hall–Kier alpha value is -1.58. The largest absolute Gasteiger partial charge is 0.490 e. The van der Waals surface area contributed by atoms with Crippen molar-refractivity contribution in [1.82, 2.24) is 5.32 Å². The van der Waals surface area contributed by atoms with Crippen LogP contribution in [-0.2, 0) is 6.54 Å². The first-order chi connectivity index (χ1) is 10.7. The molecular formula is C19H27NO2. The number of aliphatic hydroxyl groups is 1. The van der Waals surface area contributed by atoms with Crippen LogP contribution in [0.3, 0.4) is 0 Å². The molecule has 22 heavy (non-hydrogen) atoms. The van der Waals surface area contributed by atoms with Gasteiger partial charge >= 0.3 is 0 Å². The number of rotatable bonds is 8. The summed E-state index contributed by atoms with van der Waals surface area (Å²) in [6, 6.07) is 12.7. The summed E-state index contributed by atoms with van der Waals surface area (Å²) < 4.78 is 6.10. The van der Waals surface area contributed by atoms with Gasteiger partial charge in [0.15, 0.2) is 0 Å². The van der Waals surface area contributed by atoms with Gasteiger partial charge in [-0.1, -0.05) is 44.2 Å². The van der Waals surface area contributed by atoms with Gasteiger partial charge < -0.3 is 15.2 Å². The molecule has 0 saturated heterocycles. The molecule has 3 heteroatoms. The van der Waals surface area contributed by atoms with Crippen molar-refractivity contribution < 1.29 is 9.84 Å². The van der Waals surface area contributed by atoms with E-state index in [4.69, 9.17) is 4.74 Å². The van der Waals surface area contributed by atoms with Gasteiger partial charge in [-0.15, -0.1) is 0 Å². The molecule has 2 unspecified atom stereocenters. The van der Waals surface area contributed by atoms with E-state index in [9.17, 15) is 5.11 Å². The number of nitrogens with one attached hydrogen (secondary N) is 1. The first kappa shape index (κ1) is 16.8. The van der Waals surface area contributed by atoms with E-state index in [2.05, 4.69) is 62.5 Å². The van der Waals surface area contributed by atoms with Gasteiger partial charge in [-0.2, -0.15) is 0 Å². The van der Waals surface area contributed by atoms with E-state index in [1.165, 1.54) is 16.3 Å². The highest BCUT2D eigenvalue weighted by molar-refractivity contribution is 5.87. The molecule has 0 saturated carbocycles. The highest BCUT2D eigenvalue weighted by Crippen LogP contribution is 2.29. The second-order valence-corrected chi connectivity index (χ2v) is 5.77. The molecule has 0 spiro atoms. The van der Waals surface area contributed by atoms with Crippen LogP contribution in [0.1, 0.15) is 39.2 Å². The lowest BCUT2D eigenvalue weighted by Crippen LogP contribution is -2.31. The van der Waals surface area contributed by atoms with Crippen LogP contribution in [0.15, 0.2) is 36.4 Å². The number of aliphatic hydroxyl groups excluding tert-OH is 1. The SMILES string of the molecule is CCC(CO)NCc1c(OC(C)CC)ccc2ccccc12. The first-order valence-corrected chi connectivity index (χ1v) is 8.21. The van der Waals surface area contributed by atoms with E-state index in [1.54, 1.807) is 0 Å². The zero-order valence-electron chi connectivity index (χ0n) is 13.8. The summed E-state index contributed by atoms with van der Waals surface area (Å²) in [5, 5.41) is 15.2. The van der Waals surface area contributed by atoms with Crippen LogP contribution in [0, 0.1) is 0 Å². The molecule has 0 aliphatic carbocycles. The van der Waals surface area contributed by atoms with Crippen LogP contribution in [0.5, 0.6) is 5.75 Å². The lowest BCUT2D eigenvalue weighted by molar-refractivity contribution is 0.213. The van der Waals surface area contributed by atoms with Crippen LogP contribution in [0.25, 0.3) is 10.8 Å². The average molecular weight is 301 g/mol. The maximum Gasteiger partial charge on any atom is 0.124 e. The van der Waals surface area contributed by atoms with Crippen LogP contribution in [-0.4, -0.2) is 23.9 Å². The molecule has 2 rings (SSSR count). The second-order valence-electron chi connectivity index (χ2n) is 5.77. The molecule has 120 valence electrons.